The molecule has 2 aromatic heterocycles. The van der Waals surface area contributed by atoms with Crippen molar-refractivity contribution in [1.29, 1.82) is 0 Å². The second-order valence-electron chi connectivity index (χ2n) is 9.78. The van der Waals surface area contributed by atoms with E-state index < -0.39 is 35.0 Å². The number of benzene rings is 1. The summed E-state index contributed by atoms with van der Waals surface area (Å²) in [7, 11) is 1.30. The number of carbonyl (C=O) groups excluding carboxylic acids is 3. The molecule has 0 unspecified atom stereocenters. The number of hydrogen-bond acceptors (Lipinski definition) is 7. The molecular weight excluding hydrogens is 512 g/mol. The summed E-state index contributed by atoms with van der Waals surface area (Å²) < 4.78 is 40.9. The Labute approximate surface area is 221 Å². The fourth-order valence-electron chi connectivity index (χ4n) is 5.41. The number of halogens is 2. The minimum absolute atomic E-state index is 0.000167. The summed E-state index contributed by atoms with van der Waals surface area (Å²) in [6.07, 6.45) is 2.58. The average molecular weight is 538 g/mol. The zero-order valence-corrected chi connectivity index (χ0v) is 21.3. The van der Waals surface area contributed by atoms with E-state index in [1.807, 2.05) is 6.08 Å². The Morgan fingerprint density at radius 3 is 2.69 bits per heavy atom. The minimum Gasteiger partial charge on any atom is -0.494 e. The molecule has 5 heterocycles. The average Bonchev–Trinajstić information content (AvgIpc) is 3.57. The molecule has 6 rings (SSSR count). The first-order chi connectivity index (χ1) is 18.7. The number of ether oxygens (including phenoxy) is 1. The number of hydrogen-bond donors (Lipinski definition) is 2. The lowest BCUT2D eigenvalue weighted by Crippen LogP contribution is -2.52. The Kier molecular flexibility index (Phi) is 5.87. The summed E-state index contributed by atoms with van der Waals surface area (Å²) in [4.78, 5) is 46.6. The Morgan fingerprint density at radius 1 is 1.21 bits per heavy atom. The van der Waals surface area contributed by atoms with Crippen LogP contribution in [0.2, 0.25) is 0 Å². The van der Waals surface area contributed by atoms with E-state index in [1.165, 1.54) is 30.2 Å². The third-order valence-electron chi connectivity index (χ3n) is 7.57. The van der Waals surface area contributed by atoms with Gasteiger partial charge in [-0.1, -0.05) is 19.1 Å². The van der Waals surface area contributed by atoms with Crippen LogP contribution in [0.3, 0.4) is 0 Å². The molecule has 0 bridgehead atoms. The number of likely N-dealkylation sites (N-methyl/N-ethyl adjacent to an activating group) is 1. The van der Waals surface area contributed by atoms with E-state index >= 15 is 4.39 Å². The first-order valence-corrected chi connectivity index (χ1v) is 12.5. The number of nitrogens with one attached hydrogen (secondary N) is 2. The Balaban J connectivity index is 1.37. The maximum atomic E-state index is 15.1. The SMILES string of the molecule is CCN1CC=C(c2nc3cc([C@]4(CN5Cc6ccc(OC)c(F)c6C5=O)NC(=O)NC4=O)oc3cc2F)CC1. The third kappa shape index (κ3) is 3.94. The van der Waals surface area contributed by atoms with Gasteiger partial charge in [-0.3, -0.25) is 19.8 Å². The zero-order chi connectivity index (χ0) is 27.5. The molecule has 39 heavy (non-hydrogen) atoms. The molecule has 1 saturated heterocycles. The largest absolute Gasteiger partial charge is 0.494 e. The van der Waals surface area contributed by atoms with Crippen LogP contribution in [0.4, 0.5) is 13.6 Å². The first-order valence-electron chi connectivity index (χ1n) is 12.5. The molecular formula is C27H25F2N5O5. The lowest BCUT2D eigenvalue weighted by molar-refractivity contribution is -0.125. The van der Waals surface area contributed by atoms with E-state index in [0.29, 0.717) is 24.0 Å². The zero-order valence-electron chi connectivity index (χ0n) is 21.3. The van der Waals surface area contributed by atoms with Crippen LogP contribution in [0.1, 0.15) is 40.7 Å². The van der Waals surface area contributed by atoms with Crippen molar-refractivity contribution in [3.63, 3.8) is 0 Å². The van der Waals surface area contributed by atoms with Crippen molar-refractivity contribution in [2.45, 2.75) is 25.4 Å². The molecule has 3 aromatic rings. The molecule has 0 radical (unpaired) electrons. The van der Waals surface area contributed by atoms with Gasteiger partial charge in [-0.2, -0.15) is 0 Å². The van der Waals surface area contributed by atoms with Gasteiger partial charge in [0.1, 0.15) is 17.0 Å². The van der Waals surface area contributed by atoms with Gasteiger partial charge in [0.05, 0.1) is 19.2 Å². The number of fused-ring (bicyclic) bond motifs is 2. The van der Waals surface area contributed by atoms with Crippen molar-refractivity contribution in [2.24, 2.45) is 0 Å². The second kappa shape index (κ2) is 9.16. The van der Waals surface area contributed by atoms with Gasteiger partial charge in [0.2, 0.25) is 0 Å². The van der Waals surface area contributed by atoms with E-state index in [-0.39, 0.29) is 41.4 Å². The fraction of sp³-hybridized carbons (Fsp3) is 0.333. The molecule has 202 valence electrons. The molecule has 3 aliphatic rings. The van der Waals surface area contributed by atoms with Gasteiger partial charge in [0.15, 0.2) is 28.5 Å². The summed E-state index contributed by atoms with van der Waals surface area (Å²) in [5.74, 6) is -2.90. The third-order valence-corrected chi connectivity index (χ3v) is 7.57. The smallest absolute Gasteiger partial charge is 0.322 e. The van der Waals surface area contributed by atoms with Crippen LogP contribution >= 0.6 is 0 Å². The molecule has 0 spiro atoms. The molecule has 4 amide bonds. The standard InChI is InChI=1S/C27H25F2N5O5/c1-3-33-8-6-14(7-9-33)23-16(28)10-19-17(30-23)11-20(39-19)27(25(36)31-26(37)32-27)13-34-12-15-4-5-18(38-2)22(29)21(15)24(34)35/h4-6,10-11H,3,7-9,12-13H2,1-2H3,(H2,31,32,36,37)/t27-/m0/s1. The molecule has 1 aromatic carbocycles. The van der Waals surface area contributed by atoms with Crippen LogP contribution in [-0.4, -0.2) is 65.9 Å². The van der Waals surface area contributed by atoms with Gasteiger partial charge in [-0.15, -0.1) is 0 Å². The highest BCUT2D eigenvalue weighted by Gasteiger charge is 2.53. The second-order valence-corrected chi connectivity index (χ2v) is 9.78. The maximum Gasteiger partial charge on any atom is 0.322 e. The summed E-state index contributed by atoms with van der Waals surface area (Å²) >= 11 is 0. The number of rotatable bonds is 6. The van der Waals surface area contributed by atoms with Crippen molar-refractivity contribution in [3.8, 4) is 5.75 Å². The van der Waals surface area contributed by atoms with Crippen molar-refractivity contribution in [2.75, 3.05) is 33.3 Å². The molecule has 2 N–H and O–H groups in total. The summed E-state index contributed by atoms with van der Waals surface area (Å²) in [6, 6.07) is 4.87. The molecule has 10 nitrogen and oxygen atoms in total. The van der Waals surface area contributed by atoms with Gasteiger partial charge in [-0.05, 0) is 30.2 Å². The highest BCUT2D eigenvalue weighted by molar-refractivity contribution is 6.08. The van der Waals surface area contributed by atoms with Crippen LogP contribution in [0.15, 0.2) is 34.8 Å². The number of imide groups is 1. The lowest BCUT2D eigenvalue weighted by Gasteiger charge is -2.28. The highest BCUT2D eigenvalue weighted by atomic mass is 19.1. The minimum atomic E-state index is -1.83. The molecule has 0 aliphatic carbocycles. The van der Waals surface area contributed by atoms with Crippen LogP contribution in [0.25, 0.3) is 16.7 Å². The fourth-order valence-corrected chi connectivity index (χ4v) is 5.41. The molecule has 1 fully saturated rings. The number of urea groups is 1. The van der Waals surface area contributed by atoms with Gasteiger partial charge in [-0.25, -0.2) is 18.6 Å². The van der Waals surface area contributed by atoms with Gasteiger partial charge in [0, 0.05) is 31.8 Å². The van der Waals surface area contributed by atoms with Crippen LogP contribution in [0.5, 0.6) is 5.75 Å². The van der Waals surface area contributed by atoms with E-state index in [0.717, 1.165) is 18.7 Å². The van der Waals surface area contributed by atoms with E-state index in [2.05, 4.69) is 27.4 Å². The first kappa shape index (κ1) is 25.0. The monoisotopic (exact) mass is 537 g/mol. The molecule has 1 atom stereocenters. The maximum absolute atomic E-state index is 15.1. The van der Waals surface area contributed by atoms with Crippen molar-refractivity contribution in [1.82, 2.24) is 25.4 Å². The van der Waals surface area contributed by atoms with E-state index in [4.69, 9.17) is 9.15 Å². The molecule has 12 heteroatoms. The van der Waals surface area contributed by atoms with Crippen LogP contribution in [0, 0.1) is 11.6 Å². The number of aromatic nitrogens is 1. The number of pyridine rings is 1. The number of methoxy groups -OCH3 is 1. The van der Waals surface area contributed by atoms with Gasteiger partial charge in [0.25, 0.3) is 11.8 Å². The van der Waals surface area contributed by atoms with E-state index in [9.17, 15) is 18.8 Å². The topological polar surface area (TPSA) is 117 Å². The highest BCUT2D eigenvalue weighted by Crippen LogP contribution is 2.37. The van der Waals surface area contributed by atoms with Gasteiger partial charge < -0.3 is 19.4 Å². The van der Waals surface area contributed by atoms with Crippen molar-refractivity contribution in [3.05, 3.63) is 64.6 Å². The van der Waals surface area contributed by atoms with Crippen molar-refractivity contribution < 1.29 is 32.3 Å². The predicted octanol–water partition coefficient (Wildman–Crippen LogP) is 2.91. The number of furan rings is 1. The van der Waals surface area contributed by atoms with Crippen molar-refractivity contribution >= 4 is 34.5 Å². The van der Waals surface area contributed by atoms with Crippen LogP contribution < -0.4 is 15.4 Å². The molecule has 0 saturated carbocycles. The summed E-state index contributed by atoms with van der Waals surface area (Å²) in [6.45, 7) is 4.08. The number of carbonyl (C=O) groups is 3. The Hall–Kier alpha value is -4.32. The lowest BCUT2D eigenvalue weighted by atomic mass is 9.95. The quantitative estimate of drug-likeness (QED) is 0.465. The number of nitrogens with zero attached hydrogens (tertiary/aromatic N) is 3. The summed E-state index contributed by atoms with van der Waals surface area (Å²) in [5.41, 5.74) is -0.222. The predicted molar refractivity (Wildman–Crippen MR) is 135 cm³/mol. The molecule has 3 aliphatic heterocycles. The van der Waals surface area contributed by atoms with E-state index in [1.54, 1.807) is 6.07 Å². The Bertz CT molecular complexity index is 1580. The van der Waals surface area contributed by atoms with Crippen LogP contribution in [-0.2, 0) is 16.9 Å². The normalized spacial score (nSPS) is 21.3. The van der Waals surface area contributed by atoms with Gasteiger partial charge >= 0.3 is 6.03 Å². The number of amides is 4. The summed E-state index contributed by atoms with van der Waals surface area (Å²) in [5, 5.41) is 4.75. The Morgan fingerprint density at radius 2 is 2.03 bits per heavy atom.